The first-order chi connectivity index (χ1) is 7.97. The Hall–Kier alpha value is -0.660. The number of rotatable bonds is 6. The molecule has 0 bridgehead atoms. The van der Waals surface area contributed by atoms with Gasteiger partial charge in [-0.05, 0) is 25.8 Å². The summed E-state index contributed by atoms with van der Waals surface area (Å²) in [7, 11) is -3.48. The lowest BCUT2D eigenvalue weighted by atomic mass is 10.0. The van der Waals surface area contributed by atoms with E-state index in [4.69, 9.17) is 5.14 Å². The van der Waals surface area contributed by atoms with Gasteiger partial charge < -0.3 is 10.6 Å². The van der Waals surface area contributed by atoms with Crippen LogP contribution >= 0.6 is 0 Å². The van der Waals surface area contributed by atoms with Crippen LogP contribution in [0.4, 0.5) is 0 Å². The molecule has 100 valence electrons. The summed E-state index contributed by atoms with van der Waals surface area (Å²) in [5, 5.41) is 10.7. The molecule has 0 aromatic heterocycles. The number of carbonyl (C=O) groups excluding carboxylic acids is 1. The number of hydrogen-bond donors (Lipinski definition) is 3. The van der Waals surface area contributed by atoms with Crippen molar-refractivity contribution >= 4 is 15.9 Å². The Morgan fingerprint density at radius 2 is 2.18 bits per heavy atom. The molecule has 17 heavy (non-hydrogen) atoms. The summed E-state index contributed by atoms with van der Waals surface area (Å²) < 4.78 is 21.3. The molecule has 0 aliphatic carbocycles. The second kappa shape index (κ2) is 6.93. The molecule has 0 aromatic carbocycles. The molecule has 0 radical (unpaired) electrons. The highest BCUT2D eigenvalue weighted by atomic mass is 32.2. The molecule has 1 atom stereocenters. The van der Waals surface area contributed by atoms with Gasteiger partial charge in [-0.25, -0.2) is 13.6 Å². The van der Waals surface area contributed by atoms with Gasteiger partial charge in [0.05, 0.1) is 5.75 Å². The minimum atomic E-state index is -3.48. The highest BCUT2D eigenvalue weighted by Gasteiger charge is 2.14. The first-order valence-corrected chi connectivity index (χ1v) is 7.69. The van der Waals surface area contributed by atoms with E-state index in [0.29, 0.717) is 12.5 Å². The second-order valence-electron chi connectivity index (χ2n) is 4.40. The first kappa shape index (κ1) is 14.4. The fraction of sp³-hybridized carbons (Fsp3) is 0.900. The van der Waals surface area contributed by atoms with E-state index < -0.39 is 10.0 Å². The fourth-order valence-electron chi connectivity index (χ4n) is 1.90. The highest BCUT2D eigenvalue weighted by Crippen LogP contribution is 2.11. The molecule has 7 heteroatoms. The minimum absolute atomic E-state index is 0.0930. The first-order valence-electron chi connectivity index (χ1n) is 5.98. The third-order valence-electron chi connectivity index (χ3n) is 2.84. The number of primary sulfonamides is 1. The van der Waals surface area contributed by atoms with Crippen LogP contribution in [0.3, 0.4) is 0 Å². The Bertz CT molecular complexity index is 337. The van der Waals surface area contributed by atoms with Gasteiger partial charge in [-0.1, -0.05) is 6.42 Å². The van der Waals surface area contributed by atoms with Gasteiger partial charge in [0, 0.05) is 19.0 Å². The third kappa shape index (κ3) is 7.30. The number of nitrogens with one attached hydrogen (secondary N) is 2. The summed E-state index contributed by atoms with van der Waals surface area (Å²) in [6, 6.07) is 0.424. The van der Waals surface area contributed by atoms with Crippen molar-refractivity contribution in [1.82, 2.24) is 10.6 Å². The topological polar surface area (TPSA) is 101 Å². The molecule has 1 unspecified atom stereocenters. The van der Waals surface area contributed by atoms with E-state index in [1.807, 2.05) is 0 Å². The fourth-order valence-corrected chi connectivity index (χ4v) is 2.28. The van der Waals surface area contributed by atoms with Crippen molar-refractivity contribution in [2.75, 3.05) is 18.8 Å². The van der Waals surface area contributed by atoms with E-state index in [0.717, 1.165) is 19.4 Å². The molecule has 0 aromatic rings. The molecule has 1 saturated heterocycles. The maximum absolute atomic E-state index is 11.4. The summed E-state index contributed by atoms with van der Waals surface area (Å²) >= 11 is 0. The lowest BCUT2D eigenvalue weighted by Crippen LogP contribution is -2.36. The van der Waals surface area contributed by atoms with Crippen molar-refractivity contribution in [2.45, 2.75) is 38.1 Å². The van der Waals surface area contributed by atoms with Crippen LogP contribution in [-0.4, -0.2) is 39.2 Å². The Kier molecular flexibility index (Phi) is 5.87. The molecule has 1 rings (SSSR count). The molecule has 1 fully saturated rings. The van der Waals surface area contributed by atoms with Gasteiger partial charge in [-0.2, -0.15) is 0 Å². The van der Waals surface area contributed by atoms with Gasteiger partial charge in [0.1, 0.15) is 0 Å². The van der Waals surface area contributed by atoms with Gasteiger partial charge in [-0.15, -0.1) is 0 Å². The predicted molar refractivity (Wildman–Crippen MR) is 65.9 cm³/mol. The standard InChI is InChI=1S/C10H21N3O3S/c11-17(15,16)8-7-13-10(14)5-4-9-3-1-2-6-12-9/h9,12H,1-8H2,(H,13,14)(H2,11,15,16). The van der Waals surface area contributed by atoms with Crippen LogP contribution in [0.2, 0.25) is 0 Å². The Morgan fingerprint density at radius 1 is 1.41 bits per heavy atom. The zero-order valence-corrected chi connectivity index (χ0v) is 10.8. The van der Waals surface area contributed by atoms with E-state index in [2.05, 4.69) is 10.6 Å². The van der Waals surface area contributed by atoms with Crippen LogP contribution in [0.5, 0.6) is 0 Å². The molecule has 1 heterocycles. The zero-order chi connectivity index (χ0) is 12.7. The molecule has 1 aliphatic rings. The predicted octanol–water partition coefficient (Wildman–Crippen LogP) is -0.687. The van der Waals surface area contributed by atoms with Crippen molar-refractivity contribution in [3.05, 3.63) is 0 Å². The Balaban J connectivity index is 2.08. The van der Waals surface area contributed by atoms with Crippen LogP contribution in [0.1, 0.15) is 32.1 Å². The summed E-state index contributed by atoms with van der Waals surface area (Å²) in [5.41, 5.74) is 0. The SMILES string of the molecule is NS(=O)(=O)CCNC(=O)CCC1CCCCN1. The smallest absolute Gasteiger partial charge is 0.220 e. The van der Waals surface area contributed by atoms with E-state index in [9.17, 15) is 13.2 Å². The number of sulfonamides is 1. The summed E-state index contributed by atoms with van der Waals surface area (Å²) in [6.45, 7) is 1.12. The van der Waals surface area contributed by atoms with Crippen molar-refractivity contribution < 1.29 is 13.2 Å². The maximum atomic E-state index is 11.4. The number of hydrogen-bond acceptors (Lipinski definition) is 4. The normalized spacial score (nSPS) is 21.1. The zero-order valence-electron chi connectivity index (χ0n) is 9.94. The monoisotopic (exact) mass is 263 g/mol. The molecular weight excluding hydrogens is 242 g/mol. The molecule has 6 nitrogen and oxygen atoms in total. The van der Waals surface area contributed by atoms with Crippen LogP contribution < -0.4 is 15.8 Å². The Morgan fingerprint density at radius 3 is 2.76 bits per heavy atom. The van der Waals surface area contributed by atoms with E-state index in [1.165, 1.54) is 12.8 Å². The van der Waals surface area contributed by atoms with Crippen molar-refractivity contribution in [3.63, 3.8) is 0 Å². The lowest BCUT2D eigenvalue weighted by molar-refractivity contribution is -0.121. The third-order valence-corrected chi connectivity index (χ3v) is 3.61. The summed E-state index contributed by atoms with van der Waals surface area (Å²) in [5.74, 6) is -0.318. The molecule has 0 spiro atoms. The second-order valence-corrected chi connectivity index (χ2v) is 6.14. The summed E-state index contributed by atoms with van der Waals surface area (Å²) in [6.07, 6.45) is 4.77. The van der Waals surface area contributed by atoms with Gasteiger partial charge in [0.25, 0.3) is 0 Å². The number of nitrogens with two attached hydrogens (primary N) is 1. The lowest BCUT2D eigenvalue weighted by Gasteiger charge is -2.22. The average molecular weight is 263 g/mol. The molecule has 1 amide bonds. The molecular formula is C10H21N3O3S. The summed E-state index contributed by atoms with van der Waals surface area (Å²) in [4.78, 5) is 11.4. The van der Waals surface area contributed by atoms with Gasteiger partial charge in [0.2, 0.25) is 15.9 Å². The molecule has 1 aliphatic heterocycles. The quantitative estimate of drug-likeness (QED) is 0.590. The molecule has 0 saturated carbocycles. The number of carbonyl (C=O) groups is 1. The van der Waals surface area contributed by atoms with Crippen molar-refractivity contribution in [3.8, 4) is 0 Å². The van der Waals surface area contributed by atoms with Crippen LogP contribution in [0, 0.1) is 0 Å². The van der Waals surface area contributed by atoms with Gasteiger partial charge in [0.15, 0.2) is 0 Å². The van der Waals surface area contributed by atoms with E-state index >= 15 is 0 Å². The van der Waals surface area contributed by atoms with Crippen LogP contribution in [0.15, 0.2) is 0 Å². The van der Waals surface area contributed by atoms with Gasteiger partial charge in [-0.3, -0.25) is 4.79 Å². The van der Waals surface area contributed by atoms with Crippen molar-refractivity contribution in [2.24, 2.45) is 5.14 Å². The van der Waals surface area contributed by atoms with Crippen LogP contribution in [0.25, 0.3) is 0 Å². The largest absolute Gasteiger partial charge is 0.355 e. The minimum Gasteiger partial charge on any atom is -0.355 e. The van der Waals surface area contributed by atoms with Crippen molar-refractivity contribution in [1.29, 1.82) is 0 Å². The van der Waals surface area contributed by atoms with Gasteiger partial charge >= 0.3 is 0 Å². The van der Waals surface area contributed by atoms with E-state index in [-0.39, 0.29) is 18.2 Å². The van der Waals surface area contributed by atoms with Crippen LogP contribution in [-0.2, 0) is 14.8 Å². The Labute approximate surface area is 102 Å². The average Bonchev–Trinajstić information content (AvgIpc) is 2.26. The highest BCUT2D eigenvalue weighted by molar-refractivity contribution is 7.89. The molecule has 4 N–H and O–H groups in total. The number of amides is 1. The maximum Gasteiger partial charge on any atom is 0.220 e. The van der Waals surface area contributed by atoms with E-state index in [1.54, 1.807) is 0 Å². The number of piperidine rings is 1.